The SMILES string of the molecule is COC(=O)c1scc(C#N)c1NC(=O)Cc1ccccc1OC. The fourth-order valence-electron chi connectivity index (χ4n) is 2.01. The van der Waals surface area contributed by atoms with Crippen LogP contribution in [-0.2, 0) is 16.0 Å². The number of nitrogens with zero attached hydrogens (tertiary/aromatic N) is 1. The Morgan fingerprint density at radius 1 is 1.30 bits per heavy atom. The summed E-state index contributed by atoms with van der Waals surface area (Å²) in [6.07, 6.45) is 0.0609. The molecule has 0 saturated carbocycles. The van der Waals surface area contributed by atoms with Gasteiger partial charge in [0.15, 0.2) is 0 Å². The van der Waals surface area contributed by atoms with Gasteiger partial charge < -0.3 is 14.8 Å². The molecule has 6 nitrogen and oxygen atoms in total. The standard InChI is InChI=1S/C16H14N2O4S/c1-21-12-6-4-3-5-10(12)7-13(19)18-14-11(8-17)9-23-15(14)16(20)22-2/h3-6,9H,7H2,1-2H3,(H,18,19). The first-order chi connectivity index (χ1) is 11.1. The van der Waals surface area contributed by atoms with Gasteiger partial charge in [0.25, 0.3) is 0 Å². The molecule has 118 valence electrons. The second-order valence-electron chi connectivity index (χ2n) is 4.49. The quantitative estimate of drug-likeness (QED) is 0.851. The molecule has 0 saturated heterocycles. The molecule has 0 aliphatic rings. The number of ether oxygens (including phenoxy) is 2. The van der Waals surface area contributed by atoms with E-state index in [1.54, 1.807) is 18.2 Å². The molecule has 0 aliphatic heterocycles. The van der Waals surface area contributed by atoms with Crippen LogP contribution >= 0.6 is 11.3 Å². The number of thiophene rings is 1. The van der Waals surface area contributed by atoms with Crippen molar-refractivity contribution in [2.75, 3.05) is 19.5 Å². The van der Waals surface area contributed by atoms with Crippen LogP contribution in [0.25, 0.3) is 0 Å². The van der Waals surface area contributed by atoms with E-state index in [2.05, 4.69) is 10.1 Å². The number of hydrogen-bond acceptors (Lipinski definition) is 6. The molecule has 1 aromatic carbocycles. The maximum absolute atomic E-state index is 12.3. The first-order valence-electron chi connectivity index (χ1n) is 6.62. The van der Waals surface area contributed by atoms with Gasteiger partial charge in [-0.15, -0.1) is 11.3 Å². The lowest BCUT2D eigenvalue weighted by atomic mass is 10.1. The van der Waals surface area contributed by atoms with Gasteiger partial charge in [-0.1, -0.05) is 18.2 Å². The normalized spacial score (nSPS) is 9.78. The van der Waals surface area contributed by atoms with Crippen LogP contribution < -0.4 is 10.1 Å². The number of carbonyl (C=O) groups is 2. The van der Waals surface area contributed by atoms with E-state index in [0.717, 1.165) is 11.3 Å². The van der Waals surface area contributed by atoms with E-state index >= 15 is 0 Å². The van der Waals surface area contributed by atoms with E-state index in [4.69, 9.17) is 10.00 Å². The maximum atomic E-state index is 12.3. The third kappa shape index (κ3) is 3.67. The van der Waals surface area contributed by atoms with Gasteiger partial charge in [-0.3, -0.25) is 4.79 Å². The maximum Gasteiger partial charge on any atom is 0.350 e. The summed E-state index contributed by atoms with van der Waals surface area (Å²) < 4.78 is 9.86. The van der Waals surface area contributed by atoms with Crippen molar-refractivity contribution in [1.82, 2.24) is 0 Å². The highest BCUT2D eigenvalue weighted by molar-refractivity contribution is 7.12. The van der Waals surface area contributed by atoms with Crippen LogP contribution in [0.1, 0.15) is 20.8 Å². The topological polar surface area (TPSA) is 88.4 Å². The Hall–Kier alpha value is -2.85. The third-order valence-electron chi connectivity index (χ3n) is 3.09. The Balaban J connectivity index is 2.22. The predicted molar refractivity (Wildman–Crippen MR) is 85.7 cm³/mol. The number of carbonyl (C=O) groups excluding carboxylic acids is 2. The lowest BCUT2D eigenvalue weighted by molar-refractivity contribution is -0.115. The van der Waals surface area contributed by atoms with Gasteiger partial charge in [0.05, 0.1) is 31.9 Å². The number of nitriles is 1. The number of methoxy groups -OCH3 is 2. The van der Waals surface area contributed by atoms with Gasteiger partial charge >= 0.3 is 5.97 Å². The molecule has 0 fully saturated rings. The number of rotatable bonds is 5. The van der Waals surface area contributed by atoms with Crippen molar-refractivity contribution in [3.63, 3.8) is 0 Å². The lowest BCUT2D eigenvalue weighted by Crippen LogP contribution is -2.17. The van der Waals surface area contributed by atoms with E-state index in [1.807, 2.05) is 12.1 Å². The van der Waals surface area contributed by atoms with Crippen molar-refractivity contribution in [1.29, 1.82) is 5.26 Å². The highest BCUT2D eigenvalue weighted by Gasteiger charge is 2.21. The van der Waals surface area contributed by atoms with Crippen LogP contribution in [0.2, 0.25) is 0 Å². The van der Waals surface area contributed by atoms with Crippen molar-refractivity contribution in [3.8, 4) is 11.8 Å². The highest BCUT2D eigenvalue weighted by atomic mass is 32.1. The smallest absolute Gasteiger partial charge is 0.350 e. The van der Waals surface area contributed by atoms with Crippen molar-refractivity contribution < 1.29 is 19.1 Å². The number of benzene rings is 1. The molecule has 23 heavy (non-hydrogen) atoms. The van der Waals surface area contributed by atoms with E-state index in [-0.39, 0.29) is 28.5 Å². The molecule has 0 spiro atoms. The Labute approximate surface area is 137 Å². The molecule has 7 heteroatoms. The van der Waals surface area contributed by atoms with Gasteiger partial charge in [0, 0.05) is 10.9 Å². The highest BCUT2D eigenvalue weighted by Crippen LogP contribution is 2.29. The van der Waals surface area contributed by atoms with Gasteiger partial charge in [-0.2, -0.15) is 5.26 Å². The molecule has 0 unspecified atom stereocenters. The van der Waals surface area contributed by atoms with Crippen molar-refractivity contribution in [3.05, 3.63) is 45.6 Å². The molecule has 0 bridgehead atoms. The van der Waals surface area contributed by atoms with Crippen LogP contribution in [0.4, 0.5) is 5.69 Å². The minimum atomic E-state index is -0.593. The molecule has 0 radical (unpaired) electrons. The number of amides is 1. The minimum Gasteiger partial charge on any atom is -0.496 e. The van der Waals surface area contributed by atoms with Gasteiger partial charge in [-0.05, 0) is 6.07 Å². The van der Waals surface area contributed by atoms with Crippen LogP contribution in [0.5, 0.6) is 5.75 Å². The summed E-state index contributed by atoms with van der Waals surface area (Å²) in [5, 5.41) is 13.2. The van der Waals surface area contributed by atoms with Crippen LogP contribution in [-0.4, -0.2) is 26.1 Å². The zero-order chi connectivity index (χ0) is 16.8. The summed E-state index contributed by atoms with van der Waals surface area (Å²) in [6, 6.07) is 9.09. The van der Waals surface area contributed by atoms with Gasteiger partial charge in [0.1, 0.15) is 16.7 Å². The first kappa shape index (κ1) is 16.5. The predicted octanol–water partition coefficient (Wildman–Crippen LogP) is 2.60. The summed E-state index contributed by atoms with van der Waals surface area (Å²) >= 11 is 1.05. The van der Waals surface area contributed by atoms with Crippen LogP contribution in [0.3, 0.4) is 0 Å². The molecular weight excluding hydrogens is 316 g/mol. The van der Waals surface area contributed by atoms with Gasteiger partial charge in [0.2, 0.25) is 5.91 Å². The molecule has 1 aromatic heterocycles. The molecular formula is C16H14N2O4S. The van der Waals surface area contributed by atoms with E-state index in [0.29, 0.717) is 11.3 Å². The number of hydrogen-bond donors (Lipinski definition) is 1. The van der Waals surface area contributed by atoms with Crippen LogP contribution in [0.15, 0.2) is 29.6 Å². The number of nitrogens with one attached hydrogen (secondary N) is 1. The zero-order valence-electron chi connectivity index (χ0n) is 12.6. The van der Waals surface area contributed by atoms with E-state index in [1.165, 1.54) is 19.6 Å². The average Bonchev–Trinajstić information content (AvgIpc) is 2.97. The number of para-hydroxylation sites is 1. The minimum absolute atomic E-state index is 0.0609. The molecule has 2 aromatic rings. The summed E-state index contributed by atoms with van der Waals surface area (Å²) in [5.41, 5.74) is 1.12. The third-order valence-corrected chi connectivity index (χ3v) is 4.05. The first-order valence-corrected chi connectivity index (χ1v) is 7.50. The molecule has 0 aliphatic carbocycles. The summed E-state index contributed by atoms with van der Waals surface area (Å²) in [6.45, 7) is 0. The van der Waals surface area contributed by atoms with Gasteiger partial charge in [-0.25, -0.2) is 4.79 Å². The number of esters is 1. The van der Waals surface area contributed by atoms with Crippen molar-refractivity contribution in [2.24, 2.45) is 0 Å². The monoisotopic (exact) mass is 330 g/mol. The fourth-order valence-corrected chi connectivity index (χ4v) is 2.88. The Morgan fingerprint density at radius 3 is 2.70 bits per heavy atom. The fraction of sp³-hybridized carbons (Fsp3) is 0.188. The van der Waals surface area contributed by atoms with Crippen molar-refractivity contribution >= 4 is 28.9 Å². The molecule has 2 rings (SSSR count). The lowest BCUT2D eigenvalue weighted by Gasteiger charge is -2.09. The summed E-state index contributed by atoms with van der Waals surface area (Å²) in [5.74, 6) is -0.347. The summed E-state index contributed by atoms with van der Waals surface area (Å²) in [7, 11) is 2.77. The second-order valence-corrected chi connectivity index (χ2v) is 5.37. The second kappa shape index (κ2) is 7.42. The van der Waals surface area contributed by atoms with Crippen molar-refractivity contribution in [2.45, 2.75) is 6.42 Å². The zero-order valence-corrected chi connectivity index (χ0v) is 13.4. The molecule has 1 amide bonds. The Kier molecular flexibility index (Phi) is 5.33. The van der Waals surface area contributed by atoms with Crippen LogP contribution in [0, 0.1) is 11.3 Å². The average molecular weight is 330 g/mol. The molecule has 1 heterocycles. The van der Waals surface area contributed by atoms with E-state index < -0.39 is 5.97 Å². The molecule has 1 N–H and O–H groups in total. The largest absolute Gasteiger partial charge is 0.496 e. The summed E-state index contributed by atoms with van der Waals surface area (Å²) in [4.78, 5) is 24.2. The Bertz CT molecular complexity index is 777. The molecule has 0 atom stereocenters. The number of anilines is 1. The Morgan fingerprint density at radius 2 is 2.04 bits per heavy atom. The van der Waals surface area contributed by atoms with E-state index in [9.17, 15) is 9.59 Å².